The molecule has 0 aromatic heterocycles. The van der Waals surface area contributed by atoms with Gasteiger partial charge in [0.25, 0.3) is 11.8 Å². The van der Waals surface area contributed by atoms with Gasteiger partial charge in [-0.15, -0.1) is 0 Å². The minimum atomic E-state index is -0.114. The van der Waals surface area contributed by atoms with Crippen LogP contribution in [0, 0.1) is 5.92 Å². The first-order valence-corrected chi connectivity index (χ1v) is 11.8. The summed E-state index contributed by atoms with van der Waals surface area (Å²) in [6.07, 6.45) is 10.4. The highest BCUT2D eigenvalue weighted by molar-refractivity contribution is 6.14. The molecule has 3 aliphatic rings. The van der Waals surface area contributed by atoms with E-state index in [1.54, 1.807) is 30.2 Å². The van der Waals surface area contributed by atoms with Crippen LogP contribution in [0.4, 0.5) is 0 Å². The molecule has 2 aliphatic heterocycles. The summed E-state index contributed by atoms with van der Waals surface area (Å²) >= 11 is 0. The number of benzene rings is 1. The van der Waals surface area contributed by atoms with Gasteiger partial charge in [-0.2, -0.15) is 0 Å². The van der Waals surface area contributed by atoms with Crippen molar-refractivity contribution in [3.8, 4) is 11.5 Å². The lowest BCUT2D eigenvalue weighted by molar-refractivity contribution is -0.124. The Labute approximate surface area is 189 Å². The summed E-state index contributed by atoms with van der Waals surface area (Å²) in [7, 11) is 1.56. The maximum Gasteiger partial charge on any atom is 0.277 e. The molecule has 1 aromatic rings. The number of ether oxygens (including phenoxy) is 2. The summed E-state index contributed by atoms with van der Waals surface area (Å²) in [6, 6.07) is 5.65. The number of hydrogen-bond donors (Lipinski definition) is 1. The molecular formula is C25H33N3O4. The molecule has 2 heterocycles. The van der Waals surface area contributed by atoms with Crippen molar-refractivity contribution in [2.24, 2.45) is 10.9 Å². The fraction of sp³-hybridized carbons (Fsp3) is 0.560. The number of carbonyl (C=O) groups excluding carboxylic acids is 2. The SMILES string of the molecule is COc1cc(/C=C2\N=C3CCCCCN3C2=O)ccc1OCC(=O)NC1CCCCC1C. The third-order valence-electron chi connectivity index (χ3n) is 6.62. The Morgan fingerprint density at radius 1 is 1.19 bits per heavy atom. The number of aliphatic imine (C=N–C) groups is 1. The number of methoxy groups -OCH3 is 1. The first-order valence-electron chi connectivity index (χ1n) is 11.8. The lowest BCUT2D eigenvalue weighted by Gasteiger charge is -2.29. The molecule has 1 saturated heterocycles. The van der Waals surface area contributed by atoms with E-state index in [1.165, 1.54) is 6.42 Å². The highest BCUT2D eigenvalue weighted by Gasteiger charge is 2.30. The minimum Gasteiger partial charge on any atom is -0.493 e. The van der Waals surface area contributed by atoms with Crippen LogP contribution in [0.1, 0.15) is 63.9 Å². The van der Waals surface area contributed by atoms with E-state index in [4.69, 9.17) is 9.47 Å². The third-order valence-corrected chi connectivity index (χ3v) is 6.62. The maximum atomic E-state index is 12.7. The van der Waals surface area contributed by atoms with Crippen molar-refractivity contribution in [1.29, 1.82) is 0 Å². The van der Waals surface area contributed by atoms with Gasteiger partial charge in [0.15, 0.2) is 18.1 Å². The van der Waals surface area contributed by atoms with Gasteiger partial charge in [0, 0.05) is 19.0 Å². The zero-order valence-corrected chi connectivity index (χ0v) is 19.1. The molecule has 2 amide bonds. The van der Waals surface area contributed by atoms with Crippen LogP contribution < -0.4 is 14.8 Å². The maximum absolute atomic E-state index is 12.7. The number of nitrogens with one attached hydrogen (secondary N) is 1. The number of carbonyl (C=O) groups is 2. The fourth-order valence-corrected chi connectivity index (χ4v) is 4.72. The van der Waals surface area contributed by atoms with Gasteiger partial charge in [-0.1, -0.05) is 32.3 Å². The molecule has 0 radical (unpaired) electrons. The molecule has 1 aromatic carbocycles. The molecular weight excluding hydrogens is 406 g/mol. The number of rotatable bonds is 6. The Morgan fingerprint density at radius 3 is 2.84 bits per heavy atom. The molecule has 2 fully saturated rings. The molecule has 0 spiro atoms. The molecule has 1 aliphatic carbocycles. The van der Waals surface area contributed by atoms with Crippen molar-refractivity contribution in [3.63, 3.8) is 0 Å². The standard InChI is InChI=1S/C25H33N3O4/c1-17-8-5-6-9-19(17)27-24(29)16-32-21-12-11-18(15-22(21)31-2)14-20-25(30)28-13-7-3-4-10-23(28)26-20/h11-12,14-15,17,19H,3-10,13,16H2,1-2H3,(H,27,29)/b20-14-. The van der Waals surface area contributed by atoms with Gasteiger partial charge in [-0.3, -0.25) is 14.5 Å². The number of nitrogens with zero attached hydrogens (tertiary/aromatic N) is 2. The molecule has 2 unspecified atom stereocenters. The van der Waals surface area contributed by atoms with Crippen LogP contribution in [-0.4, -0.2) is 48.9 Å². The minimum absolute atomic E-state index is 0.0326. The largest absolute Gasteiger partial charge is 0.493 e. The lowest BCUT2D eigenvalue weighted by Crippen LogP contribution is -2.43. The zero-order valence-electron chi connectivity index (χ0n) is 19.1. The molecule has 0 bridgehead atoms. The Hall–Kier alpha value is -2.83. The summed E-state index contributed by atoms with van der Waals surface area (Å²) in [4.78, 5) is 31.5. The molecule has 4 rings (SSSR count). The second kappa shape index (κ2) is 10.2. The van der Waals surface area contributed by atoms with Gasteiger partial charge in [0.2, 0.25) is 0 Å². The van der Waals surface area contributed by atoms with Gasteiger partial charge in [0.1, 0.15) is 11.5 Å². The van der Waals surface area contributed by atoms with Crippen molar-refractivity contribution in [2.45, 2.75) is 64.3 Å². The van der Waals surface area contributed by atoms with Crippen molar-refractivity contribution < 1.29 is 19.1 Å². The van der Waals surface area contributed by atoms with Crippen molar-refractivity contribution in [3.05, 3.63) is 29.5 Å². The van der Waals surface area contributed by atoms with E-state index >= 15 is 0 Å². The van der Waals surface area contributed by atoms with Crippen LogP contribution in [0.25, 0.3) is 6.08 Å². The highest BCUT2D eigenvalue weighted by atomic mass is 16.5. The molecule has 1 saturated carbocycles. The Morgan fingerprint density at radius 2 is 2.03 bits per heavy atom. The Bertz CT molecular complexity index is 924. The van der Waals surface area contributed by atoms with E-state index in [1.807, 2.05) is 6.07 Å². The van der Waals surface area contributed by atoms with Crippen LogP contribution in [-0.2, 0) is 9.59 Å². The van der Waals surface area contributed by atoms with Gasteiger partial charge >= 0.3 is 0 Å². The molecule has 32 heavy (non-hydrogen) atoms. The second-order valence-electron chi connectivity index (χ2n) is 8.96. The molecule has 2 atom stereocenters. The molecule has 172 valence electrons. The summed E-state index contributed by atoms with van der Waals surface area (Å²) in [5.41, 5.74) is 1.26. The molecule has 7 heteroatoms. The van der Waals surface area contributed by atoms with Crippen LogP contribution in [0.15, 0.2) is 28.9 Å². The van der Waals surface area contributed by atoms with E-state index < -0.39 is 0 Å². The van der Waals surface area contributed by atoms with E-state index in [0.717, 1.165) is 62.9 Å². The fourth-order valence-electron chi connectivity index (χ4n) is 4.72. The van der Waals surface area contributed by atoms with Crippen molar-refractivity contribution in [2.75, 3.05) is 20.3 Å². The van der Waals surface area contributed by atoms with Gasteiger partial charge in [0.05, 0.1) is 7.11 Å². The van der Waals surface area contributed by atoms with Crippen LogP contribution in [0.2, 0.25) is 0 Å². The van der Waals surface area contributed by atoms with Gasteiger partial charge in [-0.05, 0) is 55.4 Å². The van der Waals surface area contributed by atoms with E-state index in [2.05, 4.69) is 17.2 Å². The first kappa shape index (κ1) is 22.4. The first-order chi connectivity index (χ1) is 15.5. The van der Waals surface area contributed by atoms with Crippen LogP contribution in [0.5, 0.6) is 11.5 Å². The van der Waals surface area contributed by atoms with E-state index in [0.29, 0.717) is 23.1 Å². The van der Waals surface area contributed by atoms with E-state index in [-0.39, 0.29) is 24.5 Å². The number of amides is 2. The summed E-state index contributed by atoms with van der Waals surface area (Å²) in [6.45, 7) is 2.88. The monoisotopic (exact) mass is 439 g/mol. The molecule has 1 N–H and O–H groups in total. The summed E-state index contributed by atoms with van der Waals surface area (Å²) < 4.78 is 11.2. The van der Waals surface area contributed by atoms with Crippen molar-refractivity contribution in [1.82, 2.24) is 10.2 Å². The summed E-state index contributed by atoms with van der Waals surface area (Å²) in [5, 5.41) is 3.10. The Balaban J connectivity index is 1.40. The van der Waals surface area contributed by atoms with Crippen LogP contribution >= 0.6 is 0 Å². The van der Waals surface area contributed by atoms with Gasteiger partial charge in [-0.25, -0.2) is 4.99 Å². The highest BCUT2D eigenvalue weighted by Crippen LogP contribution is 2.31. The topological polar surface area (TPSA) is 80.2 Å². The van der Waals surface area contributed by atoms with Gasteiger partial charge < -0.3 is 14.8 Å². The smallest absolute Gasteiger partial charge is 0.277 e. The summed E-state index contributed by atoms with van der Waals surface area (Å²) in [5.74, 6) is 2.25. The predicted octanol–water partition coefficient (Wildman–Crippen LogP) is 3.92. The third kappa shape index (κ3) is 5.14. The normalized spacial score (nSPS) is 24.6. The molecule has 7 nitrogen and oxygen atoms in total. The second-order valence-corrected chi connectivity index (χ2v) is 8.96. The lowest BCUT2D eigenvalue weighted by atomic mass is 9.86. The quantitative estimate of drug-likeness (QED) is 0.681. The zero-order chi connectivity index (χ0) is 22.5. The number of hydrogen-bond acceptors (Lipinski definition) is 5. The Kier molecular flexibility index (Phi) is 7.12. The average molecular weight is 440 g/mol. The predicted molar refractivity (Wildman–Crippen MR) is 124 cm³/mol. The number of fused-ring (bicyclic) bond motifs is 1. The van der Waals surface area contributed by atoms with Crippen molar-refractivity contribution >= 4 is 23.7 Å². The van der Waals surface area contributed by atoms with E-state index in [9.17, 15) is 9.59 Å². The average Bonchev–Trinajstić information content (AvgIpc) is 2.94. The van der Waals surface area contributed by atoms with Crippen LogP contribution in [0.3, 0.4) is 0 Å². The number of amidine groups is 1.